The van der Waals surface area contributed by atoms with E-state index in [9.17, 15) is 9.59 Å². The van der Waals surface area contributed by atoms with Gasteiger partial charge in [-0.05, 0) is 53.4 Å². The van der Waals surface area contributed by atoms with Gasteiger partial charge in [-0.25, -0.2) is 4.98 Å². The molecule has 3 aromatic heterocycles. The first-order valence-corrected chi connectivity index (χ1v) is 11.2. The number of benzene rings is 1. The molecule has 0 bridgehead atoms. The van der Waals surface area contributed by atoms with E-state index in [1.165, 1.54) is 21.3 Å². The Morgan fingerprint density at radius 3 is 2.90 bits per heavy atom. The molecular weight excluding hydrogens is 402 g/mol. The summed E-state index contributed by atoms with van der Waals surface area (Å²) < 4.78 is 1.43. The molecule has 0 saturated heterocycles. The first-order chi connectivity index (χ1) is 14.1. The number of para-hydroxylation sites is 1. The van der Waals surface area contributed by atoms with Crippen LogP contribution in [0.4, 0.5) is 0 Å². The van der Waals surface area contributed by atoms with Gasteiger partial charge in [-0.2, -0.15) is 0 Å². The smallest absolute Gasteiger partial charge is 0.261 e. The van der Waals surface area contributed by atoms with Gasteiger partial charge in [0.15, 0.2) is 0 Å². The minimum absolute atomic E-state index is 0.00292. The van der Waals surface area contributed by atoms with E-state index in [-0.39, 0.29) is 24.1 Å². The topological polar surface area (TPSA) is 55.2 Å². The quantitative estimate of drug-likeness (QED) is 0.502. The number of thiophene rings is 2. The summed E-state index contributed by atoms with van der Waals surface area (Å²) in [6.07, 6.45) is 2.35. The Morgan fingerprint density at radius 1 is 1.17 bits per heavy atom. The van der Waals surface area contributed by atoms with Crippen molar-refractivity contribution in [2.45, 2.75) is 25.9 Å². The summed E-state index contributed by atoms with van der Waals surface area (Å²) in [7, 11) is 0. The third kappa shape index (κ3) is 3.10. The van der Waals surface area contributed by atoms with Crippen molar-refractivity contribution in [2.24, 2.45) is 0 Å². The fourth-order valence-corrected chi connectivity index (χ4v) is 5.78. The van der Waals surface area contributed by atoms with Crippen LogP contribution in [0, 0.1) is 6.92 Å². The van der Waals surface area contributed by atoms with Crippen molar-refractivity contribution in [3.8, 4) is 0 Å². The van der Waals surface area contributed by atoms with Gasteiger partial charge in [0.1, 0.15) is 6.54 Å². The number of hydrogen-bond acceptors (Lipinski definition) is 5. The molecule has 4 aromatic rings. The Labute approximate surface area is 175 Å². The summed E-state index contributed by atoms with van der Waals surface area (Å²) in [5.41, 5.74) is 2.68. The third-order valence-corrected chi connectivity index (χ3v) is 7.38. The highest BCUT2D eigenvalue weighted by molar-refractivity contribution is 7.10. The molecular formula is C22H19N3O2S2. The minimum atomic E-state index is -0.173. The van der Waals surface area contributed by atoms with Crippen molar-refractivity contribution >= 4 is 39.5 Å². The molecule has 1 atom stereocenters. The lowest BCUT2D eigenvalue weighted by atomic mass is 9.98. The van der Waals surface area contributed by atoms with Crippen molar-refractivity contribution in [2.75, 3.05) is 6.54 Å². The van der Waals surface area contributed by atoms with Crippen molar-refractivity contribution in [3.63, 3.8) is 0 Å². The molecule has 1 aliphatic rings. The molecule has 0 aliphatic carbocycles. The van der Waals surface area contributed by atoms with Crippen LogP contribution in [0.5, 0.6) is 0 Å². The molecule has 0 N–H and O–H groups in total. The normalized spacial score (nSPS) is 16.2. The molecule has 4 heterocycles. The second-order valence-electron chi connectivity index (χ2n) is 7.20. The molecule has 1 aliphatic heterocycles. The van der Waals surface area contributed by atoms with Gasteiger partial charge in [-0.3, -0.25) is 14.2 Å². The van der Waals surface area contributed by atoms with Gasteiger partial charge in [0.25, 0.3) is 5.56 Å². The van der Waals surface area contributed by atoms with E-state index in [0.29, 0.717) is 17.4 Å². The number of amides is 1. The van der Waals surface area contributed by atoms with Gasteiger partial charge in [0.05, 0.1) is 23.3 Å². The van der Waals surface area contributed by atoms with Crippen LogP contribution in [0.3, 0.4) is 0 Å². The van der Waals surface area contributed by atoms with Gasteiger partial charge >= 0.3 is 0 Å². The summed E-state index contributed by atoms with van der Waals surface area (Å²) in [5, 5.41) is 4.69. The monoisotopic (exact) mass is 421 g/mol. The van der Waals surface area contributed by atoms with Crippen LogP contribution in [0.15, 0.2) is 58.3 Å². The van der Waals surface area contributed by atoms with E-state index >= 15 is 0 Å². The Bertz CT molecular complexity index is 1260. The Balaban J connectivity index is 1.50. The number of hydrogen-bond donors (Lipinski definition) is 0. The first-order valence-electron chi connectivity index (χ1n) is 9.47. The van der Waals surface area contributed by atoms with Gasteiger partial charge in [-0.1, -0.05) is 18.2 Å². The number of carbonyl (C=O) groups is 1. The number of aromatic nitrogens is 2. The van der Waals surface area contributed by atoms with Crippen LogP contribution in [-0.4, -0.2) is 26.9 Å². The Hall–Kier alpha value is -2.77. The summed E-state index contributed by atoms with van der Waals surface area (Å²) in [5.74, 6) is -0.0591. The van der Waals surface area contributed by atoms with Crippen molar-refractivity contribution < 1.29 is 4.79 Å². The molecule has 0 unspecified atom stereocenters. The van der Waals surface area contributed by atoms with Crippen LogP contribution in [0.1, 0.15) is 26.9 Å². The molecule has 1 aromatic carbocycles. The molecule has 146 valence electrons. The molecule has 1 amide bonds. The lowest BCUT2D eigenvalue weighted by molar-refractivity contribution is -0.133. The summed E-state index contributed by atoms with van der Waals surface area (Å²) >= 11 is 3.41. The second-order valence-corrected chi connectivity index (χ2v) is 9.18. The molecule has 5 rings (SSSR count). The lowest BCUT2D eigenvalue weighted by Gasteiger charge is -2.35. The summed E-state index contributed by atoms with van der Waals surface area (Å²) in [6.45, 7) is 2.59. The fraction of sp³-hybridized carbons (Fsp3) is 0.227. The summed E-state index contributed by atoms with van der Waals surface area (Å²) in [6, 6.07) is 11.7. The molecule has 5 nitrogen and oxygen atoms in total. The van der Waals surface area contributed by atoms with Gasteiger partial charge in [0, 0.05) is 16.3 Å². The van der Waals surface area contributed by atoms with Crippen molar-refractivity contribution in [1.82, 2.24) is 14.5 Å². The third-order valence-electron chi connectivity index (χ3n) is 5.46. The van der Waals surface area contributed by atoms with Gasteiger partial charge in [0.2, 0.25) is 5.91 Å². The SMILES string of the molecule is Cc1cccc2c(=O)n(CC(=O)N3CCc4sccc4[C@H]3c3cccs3)cnc12. The average Bonchev–Trinajstić information content (AvgIpc) is 3.41. The van der Waals surface area contributed by atoms with E-state index < -0.39 is 0 Å². The number of nitrogens with zero attached hydrogens (tertiary/aromatic N) is 3. The van der Waals surface area contributed by atoms with Gasteiger partial charge < -0.3 is 4.90 Å². The predicted octanol–water partition coefficient (Wildman–Crippen LogP) is 4.00. The Kier molecular flexibility index (Phi) is 4.56. The maximum absolute atomic E-state index is 13.3. The van der Waals surface area contributed by atoms with Crippen molar-refractivity contribution in [1.29, 1.82) is 0 Å². The Morgan fingerprint density at radius 2 is 2.07 bits per heavy atom. The highest BCUT2D eigenvalue weighted by Crippen LogP contribution is 2.39. The average molecular weight is 422 g/mol. The van der Waals surface area contributed by atoms with Crippen LogP contribution >= 0.6 is 22.7 Å². The van der Waals surface area contributed by atoms with Crippen LogP contribution < -0.4 is 5.56 Å². The highest BCUT2D eigenvalue weighted by atomic mass is 32.1. The van der Waals surface area contributed by atoms with E-state index in [1.54, 1.807) is 28.7 Å². The van der Waals surface area contributed by atoms with Crippen molar-refractivity contribution in [3.05, 3.63) is 84.7 Å². The lowest BCUT2D eigenvalue weighted by Crippen LogP contribution is -2.42. The number of rotatable bonds is 3. The van der Waals surface area contributed by atoms with E-state index in [2.05, 4.69) is 22.5 Å². The number of aryl methyl sites for hydroxylation is 1. The molecule has 29 heavy (non-hydrogen) atoms. The highest BCUT2D eigenvalue weighted by Gasteiger charge is 2.33. The van der Waals surface area contributed by atoms with E-state index in [0.717, 1.165) is 16.9 Å². The zero-order valence-electron chi connectivity index (χ0n) is 15.9. The van der Waals surface area contributed by atoms with Crippen LogP contribution in [0.25, 0.3) is 10.9 Å². The van der Waals surface area contributed by atoms with Crippen LogP contribution in [-0.2, 0) is 17.8 Å². The molecule has 0 saturated carbocycles. The second kappa shape index (κ2) is 7.24. The zero-order chi connectivity index (χ0) is 20.0. The molecule has 0 radical (unpaired) electrons. The van der Waals surface area contributed by atoms with E-state index in [1.807, 2.05) is 35.4 Å². The van der Waals surface area contributed by atoms with Crippen LogP contribution in [0.2, 0.25) is 0 Å². The zero-order valence-corrected chi connectivity index (χ0v) is 17.5. The molecule has 7 heteroatoms. The number of fused-ring (bicyclic) bond motifs is 2. The molecule has 0 fully saturated rings. The predicted molar refractivity (Wildman–Crippen MR) is 117 cm³/mol. The minimum Gasteiger partial charge on any atom is -0.329 e. The summed E-state index contributed by atoms with van der Waals surface area (Å²) in [4.78, 5) is 35.1. The number of carbonyl (C=O) groups excluding carboxylic acids is 1. The first kappa shape index (κ1) is 18.3. The fourth-order valence-electron chi connectivity index (χ4n) is 4.03. The maximum Gasteiger partial charge on any atom is 0.261 e. The van der Waals surface area contributed by atoms with E-state index in [4.69, 9.17) is 0 Å². The standard InChI is InChI=1S/C22H19N3O2S2/c1-14-4-2-5-16-20(14)23-13-24(22(16)27)12-19(26)25-9-7-17-15(8-11-29-17)21(25)18-6-3-10-28-18/h2-6,8,10-11,13,21H,7,9,12H2,1H3/t21-/m0/s1. The maximum atomic E-state index is 13.3. The van der Waals surface area contributed by atoms with Gasteiger partial charge in [-0.15, -0.1) is 22.7 Å². The largest absolute Gasteiger partial charge is 0.329 e. The molecule has 0 spiro atoms.